The van der Waals surface area contributed by atoms with E-state index in [4.69, 9.17) is 28.6 Å². The predicted octanol–water partition coefficient (Wildman–Crippen LogP) is 5.04. The van der Waals surface area contributed by atoms with Crippen LogP contribution in [0.5, 0.6) is 11.5 Å². The number of hydrogen-bond acceptors (Lipinski definition) is 5. The van der Waals surface area contributed by atoms with Crippen molar-refractivity contribution in [2.24, 2.45) is 0 Å². The molecule has 0 spiro atoms. The van der Waals surface area contributed by atoms with Gasteiger partial charge in [0.15, 0.2) is 16.6 Å². The van der Waals surface area contributed by atoms with Gasteiger partial charge in [0.1, 0.15) is 0 Å². The molecule has 7 nitrogen and oxygen atoms in total. The molecule has 3 rings (SSSR count). The summed E-state index contributed by atoms with van der Waals surface area (Å²) in [6.07, 6.45) is -4.40. The summed E-state index contributed by atoms with van der Waals surface area (Å²) >= 11 is 11.3. The monoisotopic (exact) mass is 559 g/mol. The van der Waals surface area contributed by atoms with Crippen LogP contribution in [-0.4, -0.2) is 25.7 Å². The van der Waals surface area contributed by atoms with E-state index in [1.54, 1.807) is 0 Å². The van der Waals surface area contributed by atoms with Crippen LogP contribution in [0.1, 0.15) is 16.7 Å². The molecular formula is C23H21ClF3N3O4S2. The van der Waals surface area contributed by atoms with E-state index < -0.39 is 21.8 Å². The van der Waals surface area contributed by atoms with E-state index in [0.29, 0.717) is 16.8 Å². The molecule has 0 saturated carbocycles. The van der Waals surface area contributed by atoms with Gasteiger partial charge in [-0.25, -0.2) is 13.1 Å². The third-order valence-corrected chi connectivity index (χ3v) is 6.97. The number of hydrogen-bond donors (Lipinski definition) is 4. The number of alkyl halides is 3. The Labute approximate surface area is 216 Å². The molecule has 0 bridgehead atoms. The van der Waals surface area contributed by atoms with E-state index in [1.165, 1.54) is 55.6 Å². The van der Waals surface area contributed by atoms with Gasteiger partial charge in [-0.3, -0.25) is 0 Å². The van der Waals surface area contributed by atoms with Gasteiger partial charge in [-0.1, -0.05) is 23.7 Å². The van der Waals surface area contributed by atoms with Gasteiger partial charge in [-0.05, 0) is 65.8 Å². The fourth-order valence-electron chi connectivity index (χ4n) is 3.03. The van der Waals surface area contributed by atoms with Crippen LogP contribution in [0.2, 0.25) is 5.02 Å². The lowest BCUT2D eigenvalue weighted by molar-refractivity contribution is -0.137. The molecule has 0 saturated heterocycles. The highest BCUT2D eigenvalue weighted by atomic mass is 35.5. The number of rotatable bonds is 8. The van der Waals surface area contributed by atoms with E-state index in [0.717, 1.165) is 12.1 Å². The highest BCUT2D eigenvalue weighted by molar-refractivity contribution is 7.89. The van der Waals surface area contributed by atoms with Gasteiger partial charge < -0.3 is 20.5 Å². The number of nitrogens with one attached hydrogen (secondary N) is 3. The molecule has 0 fully saturated rings. The zero-order valence-electron chi connectivity index (χ0n) is 18.7. The number of thiocarbonyl (C=S) groups is 1. The number of benzene rings is 3. The first kappa shape index (κ1) is 27.5. The molecule has 13 heteroatoms. The number of anilines is 1. The second-order valence-corrected chi connectivity index (χ2v) is 10.0. The summed E-state index contributed by atoms with van der Waals surface area (Å²) in [6, 6.07) is 13.2. The van der Waals surface area contributed by atoms with Gasteiger partial charge in [0.2, 0.25) is 10.0 Å². The SMILES string of the molecule is COc1cc(CNS(=O)(=O)c2ccc(NC(=S)NCc3ccc(C(F)(F)F)cc3)cc2)c(Cl)cc1O. The smallest absolute Gasteiger partial charge is 0.416 e. The summed E-state index contributed by atoms with van der Waals surface area (Å²) < 4.78 is 70.7. The fraction of sp³-hybridized carbons (Fsp3) is 0.174. The molecule has 0 aliphatic heterocycles. The van der Waals surface area contributed by atoms with E-state index in [2.05, 4.69) is 15.4 Å². The second kappa shape index (κ2) is 11.3. The number of aromatic hydroxyl groups is 1. The lowest BCUT2D eigenvalue weighted by atomic mass is 10.1. The Kier molecular flexibility index (Phi) is 8.67. The quantitative estimate of drug-likeness (QED) is 0.287. The number of methoxy groups -OCH3 is 1. The summed E-state index contributed by atoms with van der Waals surface area (Å²) in [5.41, 5.74) is 0.788. The van der Waals surface area contributed by atoms with Gasteiger partial charge in [-0.2, -0.15) is 13.2 Å². The first-order chi connectivity index (χ1) is 16.9. The van der Waals surface area contributed by atoms with Crippen LogP contribution >= 0.6 is 23.8 Å². The molecule has 0 unspecified atom stereocenters. The summed E-state index contributed by atoms with van der Waals surface area (Å²) in [6.45, 7) is 0.0702. The topological polar surface area (TPSA) is 99.7 Å². The molecule has 192 valence electrons. The first-order valence-corrected chi connectivity index (χ1v) is 12.5. The zero-order valence-corrected chi connectivity index (χ0v) is 21.1. The summed E-state index contributed by atoms with van der Waals surface area (Å²) in [5.74, 6) is -0.00381. The average Bonchev–Trinajstić information content (AvgIpc) is 2.82. The van der Waals surface area contributed by atoms with Crippen molar-refractivity contribution in [3.63, 3.8) is 0 Å². The minimum absolute atomic E-state index is 0.00134. The van der Waals surface area contributed by atoms with Gasteiger partial charge >= 0.3 is 6.18 Å². The molecular weight excluding hydrogens is 539 g/mol. The lowest BCUT2D eigenvalue weighted by Gasteiger charge is -2.13. The molecule has 4 N–H and O–H groups in total. The second-order valence-electron chi connectivity index (χ2n) is 7.47. The van der Waals surface area contributed by atoms with Crippen molar-refractivity contribution < 1.29 is 31.4 Å². The average molecular weight is 560 g/mol. The van der Waals surface area contributed by atoms with Crippen molar-refractivity contribution in [2.45, 2.75) is 24.2 Å². The van der Waals surface area contributed by atoms with Crippen LogP contribution in [0.25, 0.3) is 0 Å². The number of halogens is 4. The van der Waals surface area contributed by atoms with Crippen LogP contribution in [0.15, 0.2) is 65.6 Å². The third kappa shape index (κ3) is 7.23. The molecule has 0 aromatic heterocycles. The largest absolute Gasteiger partial charge is 0.504 e. The van der Waals surface area contributed by atoms with Crippen molar-refractivity contribution in [2.75, 3.05) is 12.4 Å². The highest BCUT2D eigenvalue weighted by Gasteiger charge is 2.29. The highest BCUT2D eigenvalue weighted by Crippen LogP contribution is 2.32. The summed E-state index contributed by atoms with van der Waals surface area (Å²) in [5, 5.41) is 15.9. The zero-order chi connectivity index (χ0) is 26.5. The molecule has 0 amide bonds. The molecule has 3 aromatic carbocycles. The van der Waals surface area contributed by atoms with Gasteiger partial charge in [0.05, 0.1) is 17.6 Å². The molecule has 36 heavy (non-hydrogen) atoms. The van der Waals surface area contributed by atoms with Crippen molar-refractivity contribution in [1.29, 1.82) is 0 Å². The predicted molar refractivity (Wildman–Crippen MR) is 135 cm³/mol. The fourth-order valence-corrected chi connectivity index (χ4v) is 4.45. The van der Waals surface area contributed by atoms with Crippen LogP contribution in [0, 0.1) is 0 Å². The Morgan fingerprint density at radius 1 is 1.06 bits per heavy atom. The first-order valence-electron chi connectivity index (χ1n) is 10.2. The van der Waals surface area contributed by atoms with Crippen LogP contribution in [0.3, 0.4) is 0 Å². The Hall–Kier alpha value is -3.06. The lowest BCUT2D eigenvalue weighted by Crippen LogP contribution is -2.28. The Bertz CT molecular complexity index is 1330. The van der Waals surface area contributed by atoms with E-state index in [9.17, 15) is 26.7 Å². The normalized spacial score (nSPS) is 11.7. The minimum atomic E-state index is -4.40. The molecule has 0 radical (unpaired) electrons. The summed E-state index contributed by atoms with van der Waals surface area (Å²) in [4.78, 5) is -0.00134. The van der Waals surface area contributed by atoms with E-state index in [-0.39, 0.29) is 39.6 Å². The van der Waals surface area contributed by atoms with Gasteiger partial charge in [-0.15, -0.1) is 0 Å². The van der Waals surface area contributed by atoms with Crippen molar-refractivity contribution in [1.82, 2.24) is 10.0 Å². The number of ether oxygens (including phenoxy) is 1. The van der Waals surface area contributed by atoms with E-state index in [1.807, 2.05) is 0 Å². The minimum Gasteiger partial charge on any atom is -0.504 e. The van der Waals surface area contributed by atoms with Crippen molar-refractivity contribution in [3.8, 4) is 11.5 Å². The third-order valence-electron chi connectivity index (χ3n) is 4.96. The van der Waals surface area contributed by atoms with Crippen LogP contribution in [-0.2, 0) is 29.3 Å². The standard InChI is InChI=1S/C23H21ClF3N3O4S2/c1-34-21-10-15(19(24)11-20(21)31)13-29-36(32,33)18-8-6-17(7-9-18)30-22(35)28-12-14-2-4-16(5-3-14)23(25,26)27/h2-11,29,31H,12-13H2,1H3,(H2,28,30,35). The van der Waals surface area contributed by atoms with Crippen molar-refractivity contribution >= 4 is 44.6 Å². The van der Waals surface area contributed by atoms with Crippen LogP contribution < -0.4 is 20.1 Å². The van der Waals surface area contributed by atoms with Gasteiger partial charge in [0.25, 0.3) is 0 Å². The van der Waals surface area contributed by atoms with Gasteiger partial charge in [0, 0.05) is 29.9 Å². The molecule has 0 aliphatic carbocycles. The maximum Gasteiger partial charge on any atom is 0.416 e. The molecule has 3 aromatic rings. The number of phenols is 1. The Balaban J connectivity index is 1.56. The number of sulfonamides is 1. The number of phenolic OH excluding ortho intramolecular Hbond substituents is 1. The van der Waals surface area contributed by atoms with Crippen LogP contribution in [0.4, 0.5) is 18.9 Å². The molecule has 0 aliphatic rings. The van der Waals surface area contributed by atoms with E-state index >= 15 is 0 Å². The molecule has 0 heterocycles. The molecule has 0 atom stereocenters. The Morgan fingerprint density at radius 3 is 2.28 bits per heavy atom. The van der Waals surface area contributed by atoms with Crippen molar-refractivity contribution in [3.05, 3.63) is 82.4 Å². The maximum atomic E-state index is 12.7. The summed E-state index contributed by atoms with van der Waals surface area (Å²) in [7, 11) is -2.52. The Morgan fingerprint density at radius 2 is 1.69 bits per heavy atom. The maximum absolute atomic E-state index is 12.7.